The van der Waals surface area contributed by atoms with Gasteiger partial charge in [-0.15, -0.1) is 0 Å². The second-order valence-corrected chi connectivity index (χ2v) is 4.64. The highest BCUT2D eigenvalue weighted by atomic mass is 19.1. The summed E-state index contributed by atoms with van der Waals surface area (Å²) in [6.07, 6.45) is -0.0685. The van der Waals surface area contributed by atoms with Gasteiger partial charge >= 0.3 is 0 Å². The van der Waals surface area contributed by atoms with Gasteiger partial charge in [-0.05, 0) is 0 Å². The van der Waals surface area contributed by atoms with Gasteiger partial charge in [-0.1, -0.05) is 0 Å². The maximum atomic E-state index is 13.0. The molecule has 1 aliphatic heterocycles. The SMILES string of the molecule is Nc1ncnc2c1ncn2[C@@H]1O[C@H](CO)[C@@H](CF)[C@H]1O. The number of nitrogen functional groups attached to an aromatic ring is 1. The molecule has 20 heavy (non-hydrogen) atoms. The first-order chi connectivity index (χ1) is 9.67. The van der Waals surface area contributed by atoms with E-state index in [9.17, 15) is 14.6 Å². The van der Waals surface area contributed by atoms with Gasteiger partial charge in [-0.3, -0.25) is 8.96 Å². The molecule has 0 unspecified atom stereocenters. The van der Waals surface area contributed by atoms with Crippen molar-refractivity contribution in [2.45, 2.75) is 18.4 Å². The number of aliphatic hydroxyl groups excluding tert-OH is 2. The summed E-state index contributed by atoms with van der Waals surface area (Å²) in [5.74, 6) is -0.580. The van der Waals surface area contributed by atoms with Crippen LogP contribution in [0.1, 0.15) is 6.23 Å². The number of alkyl halides is 1. The normalized spacial score (nSPS) is 30.1. The molecule has 0 bridgehead atoms. The molecule has 4 atom stereocenters. The first kappa shape index (κ1) is 13.2. The number of aliphatic hydroxyl groups is 2. The van der Waals surface area contributed by atoms with Crippen LogP contribution in [-0.4, -0.2) is 55.2 Å². The number of hydrogen-bond donors (Lipinski definition) is 3. The van der Waals surface area contributed by atoms with Gasteiger partial charge in [0.1, 0.15) is 17.9 Å². The third-order valence-corrected chi connectivity index (χ3v) is 3.54. The fourth-order valence-corrected chi connectivity index (χ4v) is 2.45. The molecule has 3 rings (SSSR count). The average Bonchev–Trinajstić information content (AvgIpc) is 3.00. The summed E-state index contributed by atoms with van der Waals surface area (Å²) < 4.78 is 19.9. The van der Waals surface area contributed by atoms with Crippen LogP contribution in [0, 0.1) is 5.92 Å². The van der Waals surface area contributed by atoms with Crippen LogP contribution in [0.15, 0.2) is 12.7 Å². The number of imidazole rings is 1. The van der Waals surface area contributed by atoms with Crippen molar-refractivity contribution in [1.82, 2.24) is 19.5 Å². The highest BCUT2D eigenvalue weighted by Gasteiger charge is 2.44. The molecular weight excluding hydrogens is 269 g/mol. The molecule has 4 N–H and O–H groups in total. The van der Waals surface area contributed by atoms with Gasteiger partial charge in [0.05, 0.1) is 25.7 Å². The molecule has 0 aliphatic carbocycles. The minimum atomic E-state index is -1.11. The molecule has 3 heterocycles. The smallest absolute Gasteiger partial charge is 0.167 e. The molecule has 2 aromatic heterocycles. The molecule has 0 saturated carbocycles. The Morgan fingerprint density at radius 1 is 1.40 bits per heavy atom. The Balaban J connectivity index is 2.01. The zero-order chi connectivity index (χ0) is 14.3. The Morgan fingerprint density at radius 3 is 2.85 bits per heavy atom. The van der Waals surface area contributed by atoms with Gasteiger partial charge in [0.2, 0.25) is 0 Å². The molecule has 1 aliphatic rings. The van der Waals surface area contributed by atoms with E-state index < -0.39 is 31.0 Å². The lowest BCUT2D eigenvalue weighted by molar-refractivity contribution is -0.0494. The Morgan fingerprint density at radius 2 is 2.20 bits per heavy atom. The van der Waals surface area contributed by atoms with Gasteiger partial charge in [-0.25, -0.2) is 15.0 Å². The number of halogens is 1. The van der Waals surface area contributed by atoms with E-state index in [4.69, 9.17) is 10.5 Å². The van der Waals surface area contributed by atoms with Crippen molar-refractivity contribution in [3.8, 4) is 0 Å². The topological polar surface area (TPSA) is 119 Å². The molecule has 2 aromatic rings. The molecule has 1 saturated heterocycles. The Labute approximate surface area is 113 Å². The Kier molecular flexibility index (Phi) is 3.24. The van der Waals surface area contributed by atoms with E-state index in [1.54, 1.807) is 0 Å². The maximum Gasteiger partial charge on any atom is 0.167 e. The predicted octanol–water partition coefficient (Wildman–Crippen LogP) is -0.755. The van der Waals surface area contributed by atoms with Crippen LogP contribution < -0.4 is 5.73 Å². The quantitative estimate of drug-likeness (QED) is 0.677. The standard InChI is InChI=1S/C11H14FN5O3/c12-1-5-6(2-18)20-11(8(5)19)17-4-16-7-9(13)14-3-15-10(7)17/h3-6,8,11,18-19H,1-2H2,(H2,13,14,15)/t5-,6-,8-,11-/m1/s1. The molecule has 8 nitrogen and oxygen atoms in total. The highest BCUT2D eigenvalue weighted by molar-refractivity contribution is 5.81. The van der Waals surface area contributed by atoms with E-state index in [2.05, 4.69) is 15.0 Å². The molecule has 0 aromatic carbocycles. The van der Waals surface area contributed by atoms with Crippen molar-refractivity contribution >= 4 is 17.0 Å². The van der Waals surface area contributed by atoms with Crippen LogP contribution in [0.3, 0.4) is 0 Å². The lowest BCUT2D eigenvalue weighted by Gasteiger charge is -2.17. The van der Waals surface area contributed by atoms with Crippen molar-refractivity contribution < 1.29 is 19.3 Å². The summed E-state index contributed by atoms with van der Waals surface area (Å²) in [6.45, 7) is -1.15. The lowest BCUT2D eigenvalue weighted by Crippen LogP contribution is -2.29. The zero-order valence-corrected chi connectivity index (χ0v) is 10.4. The van der Waals surface area contributed by atoms with E-state index in [1.165, 1.54) is 17.2 Å². The van der Waals surface area contributed by atoms with Crippen molar-refractivity contribution in [2.24, 2.45) is 5.92 Å². The van der Waals surface area contributed by atoms with Crippen LogP contribution >= 0.6 is 0 Å². The first-order valence-corrected chi connectivity index (χ1v) is 6.10. The molecule has 108 valence electrons. The summed E-state index contributed by atoms with van der Waals surface area (Å²) in [7, 11) is 0. The van der Waals surface area contributed by atoms with Crippen molar-refractivity contribution in [2.75, 3.05) is 19.0 Å². The number of rotatable bonds is 3. The van der Waals surface area contributed by atoms with Gasteiger partial charge in [0.15, 0.2) is 17.7 Å². The lowest BCUT2D eigenvalue weighted by atomic mass is 10.0. The van der Waals surface area contributed by atoms with Crippen LogP contribution in [0.5, 0.6) is 0 Å². The minimum absolute atomic E-state index is 0.210. The van der Waals surface area contributed by atoms with E-state index in [0.717, 1.165) is 0 Å². The van der Waals surface area contributed by atoms with Gasteiger partial charge in [-0.2, -0.15) is 0 Å². The zero-order valence-electron chi connectivity index (χ0n) is 10.4. The summed E-state index contributed by atoms with van der Waals surface area (Å²) in [4.78, 5) is 11.9. The van der Waals surface area contributed by atoms with Crippen LogP contribution in [0.25, 0.3) is 11.2 Å². The largest absolute Gasteiger partial charge is 0.394 e. The third kappa shape index (κ3) is 1.82. The van der Waals surface area contributed by atoms with Crippen LogP contribution in [0.4, 0.5) is 10.2 Å². The Hall–Kier alpha value is -1.84. The first-order valence-electron chi connectivity index (χ1n) is 6.10. The maximum absolute atomic E-state index is 13.0. The third-order valence-electron chi connectivity index (χ3n) is 3.54. The second kappa shape index (κ2) is 4.93. The minimum Gasteiger partial charge on any atom is -0.394 e. The van der Waals surface area contributed by atoms with E-state index in [-0.39, 0.29) is 12.4 Å². The predicted molar refractivity (Wildman–Crippen MR) is 66.2 cm³/mol. The van der Waals surface area contributed by atoms with Gasteiger partial charge in [0.25, 0.3) is 0 Å². The fraction of sp³-hybridized carbons (Fsp3) is 0.545. The molecule has 0 amide bonds. The van der Waals surface area contributed by atoms with Crippen molar-refractivity contribution in [3.05, 3.63) is 12.7 Å². The van der Waals surface area contributed by atoms with Crippen LogP contribution in [-0.2, 0) is 4.74 Å². The number of aromatic nitrogens is 4. The molecular formula is C11H14FN5O3. The fourth-order valence-electron chi connectivity index (χ4n) is 2.45. The summed E-state index contributed by atoms with van der Waals surface area (Å²) in [5.41, 5.74) is 6.45. The molecule has 9 heteroatoms. The Bertz CT molecular complexity index is 621. The van der Waals surface area contributed by atoms with Crippen molar-refractivity contribution in [1.29, 1.82) is 0 Å². The number of hydrogen-bond acceptors (Lipinski definition) is 7. The number of ether oxygens (including phenoxy) is 1. The molecule has 0 radical (unpaired) electrons. The second-order valence-electron chi connectivity index (χ2n) is 4.64. The molecule has 1 fully saturated rings. The van der Waals surface area contributed by atoms with E-state index in [1.807, 2.05) is 0 Å². The molecule has 0 spiro atoms. The van der Waals surface area contributed by atoms with Crippen LogP contribution in [0.2, 0.25) is 0 Å². The number of fused-ring (bicyclic) bond motifs is 1. The monoisotopic (exact) mass is 283 g/mol. The number of nitrogens with two attached hydrogens (primary N) is 1. The average molecular weight is 283 g/mol. The number of nitrogens with zero attached hydrogens (tertiary/aromatic N) is 4. The summed E-state index contributed by atoms with van der Waals surface area (Å²) >= 11 is 0. The summed E-state index contributed by atoms with van der Waals surface area (Å²) in [6, 6.07) is 0. The number of anilines is 1. The van der Waals surface area contributed by atoms with Gasteiger partial charge in [0, 0.05) is 5.92 Å². The van der Waals surface area contributed by atoms with E-state index in [0.29, 0.717) is 11.2 Å². The highest BCUT2D eigenvalue weighted by Crippen LogP contribution is 2.35. The van der Waals surface area contributed by atoms with Crippen molar-refractivity contribution in [3.63, 3.8) is 0 Å². The van der Waals surface area contributed by atoms with E-state index >= 15 is 0 Å². The van der Waals surface area contributed by atoms with Gasteiger partial charge < -0.3 is 20.7 Å². The summed E-state index contributed by atoms with van der Waals surface area (Å²) in [5, 5.41) is 19.3.